The van der Waals surface area contributed by atoms with Gasteiger partial charge < -0.3 is 30.1 Å². The van der Waals surface area contributed by atoms with Gasteiger partial charge >= 0.3 is 29.0 Å². The molecule has 2 aliphatic heterocycles. The molecule has 11 heteroatoms. The van der Waals surface area contributed by atoms with E-state index in [0.29, 0.717) is 35.3 Å². The molecule has 4 aromatic heterocycles. The third-order valence-corrected chi connectivity index (χ3v) is 9.55. The molecule has 1 fully saturated rings. The second-order valence-electron chi connectivity index (χ2n) is 11.3. The second kappa shape index (κ2) is 13.1. The Kier molecular flexibility index (Phi) is 9.56. The summed E-state index contributed by atoms with van der Waals surface area (Å²) in [6, 6.07) is 0. The van der Waals surface area contributed by atoms with Crippen LogP contribution in [-0.2, 0) is 51.3 Å². The smallest absolute Gasteiger partial charge is 0.657 e. The number of carboxylic acid groups (broad SMARTS) is 2. The molecule has 2 aliphatic rings. The van der Waals surface area contributed by atoms with Gasteiger partial charge in [0.05, 0.1) is 0 Å². The summed E-state index contributed by atoms with van der Waals surface area (Å²) in [5, 5.41) is 24.2. The average Bonchev–Trinajstić information content (AvgIpc) is 3.53. The van der Waals surface area contributed by atoms with Crippen LogP contribution < -0.4 is 51.8 Å². The number of nitrogens with zero attached hydrogens (tertiary/aromatic N) is 4. The van der Waals surface area contributed by atoms with Gasteiger partial charge in [0.15, 0.2) is 10.7 Å². The number of carboxylic acids is 2. The Balaban J connectivity index is 0.00000400. The first-order valence-electron chi connectivity index (χ1n) is 14.5. The maximum absolute atomic E-state index is 11.6. The number of hydrogen-bond acceptors (Lipinski definition) is 3. The fraction of sp³-hybridized carbons (Fsp3) is 0.294. The Morgan fingerprint density at radius 1 is 0.733 bits per heavy atom. The zero-order valence-corrected chi connectivity index (χ0v) is 28.3. The van der Waals surface area contributed by atoms with Gasteiger partial charge in [0.25, 0.3) is 0 Å². The van der Waals surface area contributed by atoms with E-state index in [1.165, 1.54) is 16.7 Å². The maximum Gasteiger partial charge on any atom is 4.00 e. The Morgan fingerprint density at radius 2 is 1.29 bits per heavy atom. The molecule has 0 atom stereocenters. The van der Waals surface area contributed by atoms with E-state index in [2.05, 4.69) is 32.6 Å². The van der Waals surface area contributed by atoms with Crippen LogP contribution in [0.4, 0.5) is 0 Å². The summed E-state index contributed by atoms with van der Waals surface area (Å²) >= 11 is 5.78. The van der Waals surface area contributed by atoms with E-state index in [9.17, 15) is 19.8 Å². The Bertz CT molecular complexity index is 2230. The van der Waals surface area contributed by atoms with Gasteiger partial charge in [-0.25, -0.2) is 0 Å². The molecule has 0 radical (unpaired) electrons. The van der Waals surface area contributed by atoms with Crippen molar-refractivity contribution in [3.63, 3.8) is 0 Å². The summed E-state index contributed by atoms with van der Waals surface area (Å²) in [5.74, 6) is -0.202. The largest absolute Gasteiger partial charge is 4.00 e. The van der Waals surface area contributed by atoms with E-state index >= 15 is 0 Å². The topological polar surface area (TPSA) is 131 Å². The van der Waals surface area contributed by atoms with Gasteiger partial charge in [-0.15, -0.1) is 44.2 Å². The molecule has 0 saturated carbocycles. The molecule has 1 saturated heterocycles. The van der Waals surface area contributed by atoms with Gasteiger partial charge in [0.1, 0.15) is 0 Å². The molecule has 0 spiro atoms. The van der Waals surface area contributed by atoms with E-state index in [0.717, 1.165) is 77.0 Å². The minimum Gasteiger partial charge on any atom is -0.657 e. The quantitative estimate of drug-likeness (QED) is 0.0869. The van der Waals surface area contributed by atoms with Crippen LogP contribution in [0, 0.1) is 27.7 Å². The molecule has 6 heterocycles. The third kappa shape index (κ3) is 6.45. The molecule has 8 bridgehead atoms. The number of thiol groups is 2. The molecule has 0 amide bonds. The summed E-state index contributed by atoms with van der Waals surface area (Å²) < 4.78 is 0. The van der Waals surface area contributed by atoms with Crippen molar-refractivity contribution in [1.29, 1.82) is 0 Å². The number of rotatable bonds is 7. The zero-order valence-electron chi connectivity index (χ0n) is 25.4. The van der Waals surface area contributed by atoms with E-state index in [-0.39, 0.29) is 29.9 Å². The van der Waals surface area contributed by atoms with Crippen molar-refractivity contribution < 1.29 is 36.9 Å². The summed E-state index contributed by atoms with van der Waals surface area (Å²) in [6.07, 6.45) is 10.5. The number of hydrogen-bond donors (Lipinski definition) is 3. The van der Waals surface area contributed by atoms with E-state index < -0.39 is 11.9 Å². The van der Waals surface area contributed by atoms with Crippen molar-refractivity contribution in [2.75, 3.05) is 11.5 Å². The predicted molar refractivity (Wildman–Crippen MR) is 177 cm³/mol. The van der Waals surface area contributed by atoms with Crippen LogP contribution in [0.2, 0.25) is 0 Å². The van der Waals surface area contributed by atoms with Crippen LogP contribution in [0.15, 0.2) is 0 Å². The number of fused-ring (bicyclic) bond motifs is 8. The minimum absolute atomic E-state index is 0. The van der Waals surface area contributed by atoms with Crippen LogP contribution in [-0.4, -0.2) is 33.7 Å². The maximum atomic E-state index is 11.6. The molecule has 0 unspecified atom stereocenters. The molecule has 2 N–H and O–H groups in total. The second-order valence-corrected chi connectivity index (χ2v) is 12.8. The van der Waals surface area contributed by atoms with Gasteiger partial charge in [-0.05, 0) is 45.8 Å². The van der Waals surface area contributed by atoms with Crippen molar-refractivity contribution >= 4 is 71.6 Å². The van der Waals surface area contributed by atoms with E-state index in [1.807, 2.05) is 38.2 Å². The summed E-state index contributed by atoms with van der Waals surface area (Å²) in [5.41, 5.74) is 8.59. The van der Waals surface area contributed by atoms with Crippen molar-refractivity contribution in [1.82, 2.24) is 19.9 Å². The Morgan fingerprint density at radius 3 is 1.93 bits per heavy atom. The fourth-order valence-electron chi connectivity index (χ4n) is 5.99. The van der Waals surface area contributed by atoms with Crippen molar-refractivity contribution in [2.24, 2.45) is 0 Å². The first kappa shape index (κ1) is 32.9. The number of aliphatic carboxylic acids is 2. The van der Waals surface area contributed by atoms with Crippen molar-refractivity contribution in [2.45, 2.75) is 53.4 Å². The summed E-state index contributed by atoms with van der Waals surface area (Å²) in [7, 11) is 0. The van der Waals surface area contributed by atoms with Crippen molar-refractivity contribution in [3.05, 3.63) is 88.0 Å². The van der Waals surface area contributed by atoms with Crippen molar-refractivity contribution in [3.8, 4) is 0 Å². The first-order valence-corrected chi connectivity index (χ1v) is 16.2. The molecule has 0 aliphatic carbocycles. The Hall–Kier alpha value is -3.50. The zero-order chi connectivity index (χ0) is 31.3. The number of carbonyl (C=O) groups is 2. The normalized spacial score (nSPS) is 18.0. The van der Waals surface area contributed by atoms with Gasteiger partial charge in [0, 0.05) is 35.6 Å². The molecule has 4 aromatic rings. The standard InChI is InChI=1S/C34H32N4O4S2.Fe/c1-16-20(5-7-32(39)40)28-14-29-21(6-8-33(41)42)17(2)24(36-29)12-27-22(9-10-43)18(3)25(37-27)13-30-34(31-15-44-31)19(4)26(38-30)11-23(16)35-28;/h9,11-14,43H,5-8,10,15H2,1-4H3,(H,39,40)(H,41,42);/q-4;+4/p+1/b22-9+,23-11-,27-12-,28-14-,30-13-,34-31+;. The van der Waals surface area contributed by atoms with Gasteiger partial charge in [-0.2, -0.15) is 12.6 Å². The molecule has 232 valence electrons. The van der Waals surface area contributed by atoms with Crippen LogP contribution >= 0.6 is 12.6 Å². The predicted octanol–water partition coefficient (Wildman–Crippen LogP) is -0.943. The fourth-order valence-corrected chi connectivity index (χ4v) is 6.85. The molecule has 45 heavy (non-hydrogen) atoms. The molecular formula is C34H33FeN4O4S2+. The Labute approximate surface area is 280 Å². The van der Waals surface area contributed by atoms with Crippen LogP contribution in [0.1, 0.15) is 69.0 Å². The molecule has 8 nitrogen and oxygen atoms in total. The SMILES string of the molecule is Cc1c2[n-]c(c1CCC(=O)O)/C=c1\[n-]/c(c(C)c1CCC(=O)O)=C\c1[n-]c(/c(=C3\C[SH+]3)c1C)=C\c1[n-]c(/c(=C/CS)c1C)=C\2.[Fe+4]. The minimum atomic E-state index is -0.888. The van der Waals surface area contributed by atoms with Crippen LogP contribution in [0.25, 0.3) is 35.3 Å². The van der Waals surface area contributed by atoms with Gasteiger partial charge in [0.2, 0.25) is 0 Å². The summed E-state index contributed by atoms with van der Waals surface area (Å²) in [4.78, 5) is 44.6. The van der Waals surface area contributed by atoms with Crippen LogP contribution in [0.5, 0.6) is 0 Å². The van der Waals surface area contributed by atoms with E-state index in [4.69, 9.17) is 19.9 Å². The average molecular weight is 682 g/mol. The van der Waals surface area contributed by atoms with Gasteiger partial charge in [-0.3, -0.25) is 9.59 Å². The third-order valence-electron chi connectivity index (χ3n) is 8.51. The van der Waals surface area contributed by atoms with Gasteiger partial charge in [-0.1, -0.05) is 63.8 Å². The molecule has 6 rings (SSSR count). The summed E-state index contributed by atoms with van der Waals surface area (Å²) in [6.45, 7) is 8.07. The van der Waals surface area contributed by atoms with E-state index in [1.54, 1.807) is 0 Å². The van der Waals surface area contributed by atoms with Crippen LogP contribution in [0.3, 0.4) is 0 Å². The monoisotopic (exact) mass is 681 g/mol. The molecular weight excluding hydrogens is 648 g/mol. The molecule has 0 aromatic carbocycles. The number of aromatic nitrogens is 4. The first-order chi connectivity index (χ1) is 21.0.